The van der Waals surface area contributed by atoms with Crippen LogP contribution in [-0.4, -0.2) is 59.9 Å². The molecule has 5 aromatic rings. The number of rotatable bonds is 5. The van der Waals surface area contributed by atoms with Crippen molar-refractivity contribution in [3.8, 4) is 22.6 Å². The average molecular weight is 481 g/mol. The summed E-state index contributed by atoms with van der Waals surface area (Å²) < 4.78 is 0. The summed E-state index contributed by atoms with van der Waals surface area (Å²) in [6, 6.07) is 11.2. The Kier molecular flexibility index (Phi) is 5.40. The highest BCUT2D eigenvalue weighted by molar-refractivity contribution is 6.06. The summed E-state index contributed by atoms with van der Waals surface area (Å²) in [6.07, 6.45) is 5.91. The minimum absolute atomic E-state index is 0.0121. The molecule has 0 atom stereocenters. The van der Waals surface area contributed by atoms with Crippen molar-refractivity contribution in [2.24, 2.45) is 0 Å². The number of benzene rings is 1. The number of carbonyl (C=O) groups is 2. The van der Waals surface area contributed by atoms with Crippen molar-refractivity contribution in [1.82, 2.24) is 35.0 Å². The molecule has 0 aliphatic carbocycles. The van der Waals surface area contributed by atoms with Crippen molar-refractivity contribution < 1.29 is 9.59 Å². The average Bonchev–Trinajstić information content (AvgIpc) is 3.67. The van der Waals surface area contributed by atoms with Crippen LogP contribution in [0.4, 0.5) is 5.82 Å². The number of H-pyrrole nitrogens is 2. The van der Waals surface area contributed by atoms with Crippen molar-refractivity contribution in [2.75, 3.05) is 18.4 Å². The third kappa shape index (κ3) is 3.86. The zero-order valence-electron chi connectivity index (χ0n) is 19.7. The smallest absolute Gasteiger partial charge is 0.256 e. The highest BCUT2D eigenvalue weighted by Crippen LogP contribution is 2.30. The molecule has 10 heteroatoms. The van der Waals surface area contributed by atoms with E-state index in [1.54, 1.807) is 25.4 Å². The van der Waals surface area contributed by atoms with E-state index in [4.69, 9.17) is 4.98 Å². The number of para-hydroxylation sites is 1. The van der Waals surface area contributed by atoms with Crippen LogP contribution in [0.15, 0.2) is 48.8 Å². The summed E-state index contributed by atoms with van der Waals surface area (Å²) in [4.78, 5) is 43.5. The van der Waals surface area contributed by atoms with Crippen LogP contribution in [0.1, 0.15) is 36.5 Å². The molecule has 180 valence electrons. The molecule has 1 fully saturated rings. The van der Waals surface area contributed by atoms with Crippen molar-refractivity contribution >= 4 is 39.7 Å². The first-order chi connectivity index (χ1) is 17.6. The standard InChI is InChI=1S/C26H24N8O2/c1-2-21(35)30-20-9-8-15(13-27-20)16-12-18-23(32-33-24(18)28-14-16)25-29-19-7-5-6-17(22(19)31-25)26(36)34-10-3-4-11-34/h5-9,12-14H,2-4,10-11H2,1H3,(H,29,31)(H,27,30,35)(H,28,32,33). The Morgan fingerprint density at radius 1 is 1.06 bits per heavy atom. The second-order valence-electron chi connectivity index (χ2n) is 8.81. The SMILES string of the molecule is CCC(=O)Nc1ccc(-c2cnc3[nH]nc(-c4nc5c(C(=O)N6CCCC6)cccc5[nH]4)c3c2)cn1. The summed E-state index contributed by atoms with van der Waals surface area (Å²) in [6.45, 7) is 3.36. The molecule has 4 aromatic heterocycles. The number of fused-ring (bicyclic) bond motifs is 2. The van der Waals surface area contributed by atoms with Gasteiger partial charge in [0.15, 0.2) is 11.5 Å². The van der Waals surface area contributed by atoms with E-state index in [1.807, 2.05) is 35.2 Å². The number of hydrogen-bond acceptors (Lipinski definition) is 6. The summed E-state index contributed by atoms with van der Waals surface area (Å²) in [5, 5.41) is 11.0. The van der Waals surface area contributed by atoms with Gasteiger partial charge in [0.2, 0.25) is 5.91 Å². The number of amides is 2. The molecule has 0 spiro atoms. The van der Waals surface area contributed by atoms with E-state index in [0.717, 1.165) is 48.0 Å². The summed E-state index contributed by atoms with van der Waals surface area (Å²) in [7, 11) is 0. The van der Waals surface area contributed by atoms with Crippen molar-refractivity contribution in [1.29, 1.82) is 0 Å². The second kappa shape index (κ2) is 8.88. The molecule has 0 bridgehead atoms. The minimum atomic E-state index is -0.0857. The topological polar surface area (TPSA) is 133 Å². The molecule has 1 saturated heterocycles. The van der Waals surface area contributed by atoms with Crippen LogP contribution in [0, 0.1) is 0 Å². The molecular weight excluding hydrogens is 456 g/mol. The Morgan fingerprint density at radius 3 is 2.67 bits per heavy atom. The molecule has 1 aromatic carbocycles. The Morgan fingerprint density at radius 2 is 1.89 bits per heavy atom. The predicted octanol–water partition coefficient (Wildman–Crippen LogP) is 4.15. The number of imidazole rings is 1. The predicted molar refractivity (Wildman–Crippen MR) is 136 cm³/mol. The third-order valence-corrected chi connectivity index (χ3v) is 6.46. The molecule has 0 saturated carbocycles. The normalized spacial score (nSPS) is 13.5. The van der Waals surface area contributed by atoms with Gasteiger partial charge in [-0.1, -0.05) is 13.0 Å². The van der Waals surface area contributed by atoms with Gasteiger partial charge in [0.1, 0.15) is 17.0 Å². The Bertz CT molecular complexity index is 1600. The molecule has 10 nitrogen and oxygen atoms in total. The fourth-order valence-electron chi connectivity index (χ4n) is 4.52. The van der Waals surface area contributed by atoms with E-state index < -0.39 is 0 Å². The number of carbonyl (C=O) groups excluding carboxylic acids is 2. The van der Waals surface area contributed by atoms with Gasteiger partial charge in [0.25, 0.3) is 5.91 Å². The van der Waals surface area contributed by atoms with Gasteiger partial charge >= 0.3 is 0 Å². The third-order valence-electron chi connectivity index (χ3n) is 6.46. The maximum atomic E-state index is 13.1. The Balaban J connectivity index is 1.36. The van der Waals surface area contributed by atoms with Crippen molar-refractivity contribution in [3.63, 3.8) is 0 Å². The molecule has 1 aliphatic heterocycles. The monoisotopic (exact) mass is 480 g/mol. The molecular formula is C26H24N8O2. The quantitative estimate of drug-likeness (QED) is 0.346. The molecule has 0 unspecified atom stereocenters. The number of anilines is 1. The van der Waals surface area contributed by atoms with Gasteiger partial charge in [-0.15, -0.1) is 0 Å². The number of likely N-dealkylation sites (tertiary alicyclic amines) is 1. The van der Waals surface area contributed by atoms with Crippen molar-refractivity contribution in [3.05, 3.63) is 54.4 Å². The minimum Gasteiger partial charge on any atom is -0.339 e. The largest absolute Gasteiger partial charge is 0.339 e. The van der Waals surface area contributed by atoms with Crippen LogP contribution in [0.25, 0.3) is 44.7 Å². The lowest BCUT2D eigenvalue weighted by Crippen LogP contribution is -2.27. The lowest BCUT2D eigenvalue weighted by molar-refractivity contribution is -0.115. The lowest BCUT2D eigenvalue weighted by Gasteiger charge is -2.15. The Labute approximate surface area is 206 Å². The molecule has 1 aliphatic rings. The van der Waals surface area contributed by atoms with E-state index in [2.05, 4.69) is 30.5 Å². The summed E-state index contributed by atoms with van der Waals surface area (Å²) in [5.74, 6) is 0.994. The van der Waals surface area contributed by atoms with Gasteiger partial charge in [-0.2, -0.15) is 5.10 Å². The van der Waals surface area contributed by atoms with Gasteiger partial charge in [-0.3, -0.25) is 14.7 Å². The maximum absolute atomic E-state index is 13.1. The zero-order valence-corrected chi connectivity index (χ0v) is 19.7. The number of aromatic nitrogens is 6. The first-order valence-electron chi connectivity index (χ1n) is 12.0. The van der Waals surface area contributed by atoms with Crippen LogP contribution in [0.3, 0.4) is 0 Å². The Hall–Kier alpha value is -4.60. The zero-order chi connectivity index (χ0) is 24.6. The lowest BCUT2D eigenvalue weighted by atomic mass is 10.1. The van der Waals surface area contributed by atoms with Gasteiger partial charge in [0.05, 0.1) is 16.5 Å². The maximum Gasteiger partial charge on any atom is 0.256 e. The number of nitrogens with zero attached hydrogens (tertiary/aromatic N) is 5. The molecule has 2 amide bonds. The van der Waals surface area contributed by atoms with E-state index in [0.29, 0.717) is 40.5 Å². The van der Waals surface area contributed by atoms with E-state index in [-0.39, 0.29) is 11.8 Å². The highest BCUT2D eigenvalue weighted by atomic mass is 16.2. The van der Waals surface area contributed by atoms with Gasteiger partial charge in [-0.05, 0) is 43.2 Å². The highest BCUT2D eigenvalue weighted by Gasteiger charge is 2.23. The molecule has 36 heavy (non-hydrogen) atoms. The van der Waals surface area contributed by atoms with Crippen molar-refractivity contribution in [2.45, 2.75) is 26.2 Å². The number of nitrogens with one attached hydrogen (secondary N) is 3. The fourth-order valence-corrected chi connectivity index (χ4v) is 4.52. The van der Waals surface area contributed by atoms with Gasteiger partial charge in [-0.25, -0.2) is 15.0 Å². The van der Waals surface area contributed by atoms with Crippen LogP contribution in [0.5, 0.6) is 0 Å². The van der Waals surface area contributed by atoms with Gasteiger partial charge in [0, 0.05) is 43.0 Å². The molecule has 0 radical (unpaired) electrons. The first kappa shape index (κ1) is 21.9. The number of aromatic amines is 2. The fraction of sp³-hybridized carbons (Fsp3) is 0.231. The number of pyridine rings is 2. The number of hydrogen-bond donors (Lipinski definition) is 3. The molecule has 6 rings (SSSR count). The van der Waals surface area contributed by atoms with E-state index >= 15 is 0 Å². The van der Waals surface area contributed by atoms with Crippen LogP contribution in [-0.2, 0) is 4.79 Å². The molecule has 3 N–H and O–H groups in total. The van der Waals surface area contributed by atoms with Gasteiger partial charge < -0.3 is 15.2 Å². The van der Waals surface area contributed by atoms with Crippen LogP contribution < -0.4 is 5.32 Å². The first-order valence-corrected chi connectivity index (χ1v) is 12.0. The van der Waals surface area contributed by atoms with E-state index in [1.165, 1.54) is 0 Å². The second-order valence-corrected chi connectivity index (χ2v) is 8.81. The van der Waals surface area contributed by atoms with Crippen LogP contribution in [0.2, 0.25) is 0 Å². The summed E-state index contributed by atoms with van der Waals surface area (Å²) in [5.41, 5.74) is 4.97. The van der Waals surface area contributed by atoms with E-state index in [9.17, 15) is 9.59 Å². The van der Waals surface area contributed by atoms with Crippen LogP contribution >= 0.6 is 0 Å². The summed E-state index contributed by atoms with van der Waals surface area (Å²) >= 11 is 0. The molecule has 5 heterocycles.